The third-order valence-electron chi connectivity index (χ3n) is 8.00. The molecule has 1 aromatic carbocycles. The van der Waals surface area contributed by atoms with Gasteiger partial charge in [-0.05, 0) is 68.8 Å². The van der Waals surface area contributed by atoms with E-state index in [1.807, 2.05) is 0 Å². The second kappa shape index (κ2) is 11.3. The third kappa shape index (κ3) is 6.55. The Kier molecular flexibility index (Phi) is 8.49. The Morgan fingerprint density at radius 2 is 1.82 bits per heavy atom. The van der Waals surface area contributed by atoms with E-state index < -0.39 is 15.6 Å². The van der Waals surface area contributed by atoms with Crippen molar-refractivity contribution in [2.45, 2.75) is 76.1 Å². The van der Waals surface area contributed by atoms with Crippen LogP contribution < -0.4 is 10.1 Å². The molecule has 210 valence electrons. The molecule has 0 bridgehead atoms. The zero-order valence-electron chi connectivity index (χ0n) is 23.4. The highest BCUT2D eigenvalue weighted by molar-refractivity contribution is 7.90. The van der Waals surface area contributed by atoms with Gasteiger partial charge >= 0.3 is 0 Å². The topological polar surface area (TPSA) is 118 Å². The smallest absolute Gasteiger partial charge is 0.236 e. The molecule has 2 heterocycles. The molecule has 1 amide bonds. The molecule has 0 spiro atoms. The van der Waals surface area contributed by atoms with Crippen LogP contribution in [0.2, 0.25) is 0 Å². The van der Waals surface area contributed by atoms with Crippen LogP contribution in [-0.2, 0) is 26.8 Å². The molecule has 1 aromatic heterocycles. The molecule has 4 rings (SSSR count). The first-order valence-corrected chi connectivity index (χ1v) is 14.9. The molecule has 2 atom stereocenters. The Morgan fingerprint density at radius 3 is 2.42 bits per heavy atom. The Hall–Kier alpha value is -2.50. The van der Waals surface area contributed by atoms with Crippen molar-refractivity contribution in [2.24, 2.45) is 5.41 Å². The molecule has 2 aromatic rings. The normalized spacial score (nSPS) is 22.8. The minimum Gasteiger partial charge on any atom is -0.497 e. The molecule has 1 saturated heterocycles. The van der Waals surface area contributed by atoms with Crippen LogP contribution in [0.3, 0.4) is 0 Å². The second-order valence-electron chi connectivity index (χ2n) is 11.5. The maximum Gasteiger partial charge on any atom is 0.236 e. The van der Waals surface area contributed by atoms with E-state index in [1.165, 1.54) is 0 Å². The van der Waals surface area contributed by atoms with Gasteiger partial charge in [0.1, 0.15) is 17.9 Å². The van der Waals surface area contributed by atoms with Gasteiger partial charge in [-0.25, -0.2) is 8.42 Å². The molecule has 2 fully saturated rings. The molecule has 1 saturated carbocycles. The fourth-order valence-corrected chi connectivity index (χ4v) is 7.63. The Labute approximate surface area is 226 Å². The summed E-state index contributed by atoms with van der Waals surface area (Å²) in [6.45, 7) is 12.3. The zero-order valence-corrected chi connectivity index (χ0v) is 24.2. The summed E-state index contributed by atoms with van der Waals surface area (Å²) in [5, 5.41) is 7.01. The van der Waals surface area contributed by atoms with Crippen molar-refractivity contribution in [3.8, 4) is 5.75 Å². The zero-order chi connectivity index (χ0) is 27.7. The number of ether oxygens (including phenoxy) is 1. The molecular weight excluding hydrogens is 506 g/mol. The van der Waals surface area contributed by atoms with Crippen LogP contribution in [0.1, 0.15) is 56.0 Å². The molecule has 11 heteroatoms. The lowest BCUT2D eigenvalue weighted by atomic mass is 9.70. The lowest BCUT2D eigenvalue weighted by Gasteiger charge is -2.48. The van der Waals surface area contributed by atoms with Crippen LogP contribution in [-0.4, -0.2) is 86.7 Å². The average molecular weight is 548 g/mol. The number of sulfone groups is 1. The number of aromatic nitrogens is 2. The van der Waals surface area contributed by atoms with E-state index in [0.717, 1.165) is 45.4 Å². The summed E-state index contributed by atoms with van der Waals surface area (Å²) in [4.78, 5) is 22.3. The molecule has 1 unspecified atom stereocenters. The van der Waals surface area contributed by atoms with E-state index in [-0.39, 0.29) is 40.4 Å². The van der Waals surface area contributed by atoms with Crippen molar-refractivity contribution < 1.29 is 22.5 Å². The number of piperazine rings is 1. The van der Waals surface area contributed by atoms with Gasteiger partial charge in [0.05, 0.1) is 12.0 Å². The van der Waals surface area contributed by atoms with E-state index >= 15 is 0 Å². The first-order valence-electron chi connectivity index (χ1n) is 13.3. The largest absolute Gasteiger partial charge is 0.497 e. The standard InChI is InChI=1S/C27H41N5O5S/c1-18-13-21(36-6)14-19(2)26(18)38(34,35)17-23-29-25(37-30-23)15-24(33)28-22-8-7-20(16-27(22,3)4)32-11-9-31(5)10-12-32/h13-14,20,22H,7-12,15-17H2,1-6H3,(H,28,33)/t20?,22-/m1/s1. The van der Waals surface area contributed by atoms with Crippen molar-refractivity contribution in [1.82, 2.24) is 25.3 Å². The van der Waals surface area contributed by atoms with E-state index in [9.17, 15) is 13.2 Å². The summed E-state index contributed by atoms with van der Waals surface area (Å²) in [7, 11) is -0.00832. The SMILES string of the molecule is COc1cc(C)c(S(=O)(=O)Cc2noc(CC(=O)N[C@@H]3CCC(N4CCN(C)CC4)CC3(C)C)n2)c(C)c1. The highest BCUT2D eigenvalue weighted by atomic mass is 32.2. The van der Waals surface area contributed by atoms with Gasteiger partial charge in [-0.3, -0.25) is 9.69 Å². The Morgan fingerprint density at radius 1 is 1.16 bits per heavy atom. The fraction of sp³-hybridized carbons (Fsp3) is 0.667. The van der Waals surface area contributed by atoms with Crippen molar-refractivity contribution in [1.29, 1.82) is 0 Å². The number of hydrogen-bond donors (Lipinski definition) is 1. The molecule has 1 N–H and O–H groups in total. The van der Waals surface area contributed by atoms with Gasteiger partial charge in [-0.2, -0.15) is 4.98 Å². The van der Waals surface area contributed by atoms with Gasteiger partial charge in [-0.15, -0.1) is 0 Å². The summed E-state index contributed by atoms with van der Waals surface area (Å²) in [5.41, 5.74) is 1.15. The molecular formula is C27H41N5O5S. The number of nitrogens with zero attached hydrogens (tertiary/aromatic N) is 4. The number of rotatable bonds is 8. The predicted octanol–water partition coefficient (Wildman–Crippen LogP) is 2.52. The van der Waals surface area contributed by atoms with Gasteiger partial charge in [0.2, 0.25) is 11.8 Å². The lowest BCUT2D eigenvalue weighted by molar-refractivity contribution is -0.123. The van der Waals surface area contributed by atoms with Gasteiger partial charge in [0.15, 0.2) is 15.7 Å². The van der Waals surface area contributed by atoms with Gasteiger partial charge in [0.25, 0.3) is 0 Å². The summed E-state index contributed by atoms with van der Waals surface area (Å²) >= 11 is 0. The predicted molar refractivity (Wildman–Crippen MR) is 144 cm³/mol. The van der Waals surface area contributed by atoms with Crippen LogP contribution in [0, 0.1) is 19.3 Å². The number of amides is 1. The highest BCUT2D eigenvalue weighted by Gasteiger charge is 2.40. The molecule has 2 aliphatic rings. The minimum atomic E-state index is -3.72. The van der Waals surface area contributed by atoms with Crippen LogP contribution in [0.5, 0.6) is 5.75 Å². The molecule has 1 aliphatic carbocycles. The first-order chi connectivity index (χ1) is 17.9. The number of likely N-dealkylation sites (N-methyl/N-ethyl adjacent to an activating group) is 1. The van der Waals surface area contributed by atoms with Gasteiger partial charge in [0, 0.05) is 38.3 Å². The number of aryl methyl sites for hydroxylation is 2. The number of carbonyl (C=O) groups is 1. The van der Waals surface area contributed by atoms with E-state index in [4.69, 9.17) is 9.26 Å². The van der Waals surface area contributed by atoms with Crippen LogP contribution >= 0.6 is 0 Å². The number of nitrogens with one attached hydrogen (secondary N) is 1. The van der Waals surface area contributed by atoms with Crippen molar-refractivity contribution >= 4 is 15.7 Å². The van der Waals surface area contributed by atoms with Gasteiger partial charge in [-0.1, -0.05) is 19.0 Å². The van der Waals surface area contributed by atoms with Crippen molar-refractivity contribution in [3.63, 3.8) is 0 Å². The quantitative estimate of drug-likeness (QED) is 0.532. The van der Waals surface area contributed by atoms with Gasteiger partial charge < -0.3 is 19.5 Å². The minimum absolute atomic E-state index is 0.0374. The molecule has 38 heavy (non-hydrogen) atoms. The van der Waals surface area contributed by atoms with E-state index in [1.54, 1.807) is 33.1 Å². The molecule has 1 aliphatic heterocycles. The van der Waals surface area contributed by atoms with Crippen molar-refractivity contribution in [3.05, 3.63) is 35.0 Å². The monoisotopic (exact) mass is 547 g/mol. The summed E-state index contributed by atoms with van der Waals surface area (Å²) in [6.07, 6.45) is 2.94. The second-order valence-corrected chi connectivity index (χ2v) is 13.4. The first kappa shape index (κ1) is 28.5. The number of methoxy groups -OCH3 is 1. The summed E-state index contributed by atoms with van der Waals surface area (Å²) in [5.74, 6) is 0.147. The van der Waals surface area contributed by atoms with E-state index in [2.05, 4.69) is 46.2 Å². The van der Waals surface area contributed by atoms with Crippen LogP contribution in [0.4, 0.5) is 0 Å². The lowest BCUT2D eigenvalue weighted by Crippen LogP contribution is -2.56. The third-order valence-corrected chi connectivity index (χ3v) is 9.91. The maximum atomic E-state index is 13.1. The van der Waals surface area contributed by atoms with Crippen LogP contribution in [0.15, 0.2) is 21.6 Å². The highest BCUT2D eigenvalue weighted by Crippen LogP contribution is 2.38. The average Bonchev–Trinajstić information content (AvgIpc) is 3.25. The van der Waals surface area contributed by atoms with Crippen molar-refractivity contribution in [2.75, 3.05) is 40.3 Å². The van der Waals surface area contributed by atoms with E-state index in [0.29, 0.717) is 22.9 Å². The number of carbonyl (C=O) groups excluding carboxylic acids is 1. The van der Waals surface area contributed by atoms with Crippen LogP contribution in [0.25, 0.3) is 0 Å². The number of benzene rings is 1. The number of hydrogen-bond acceptors (Lipinski definition) is 9. The fourth-order valence-electron chi connectivity index (χ4n) is 5.93. The maximum absolute atomic E-state index is 13.1. The summed E-state index contributed by atoms with van der Waals surface area (Å²) < 4.78 is 36.7. The molecule has 0 radical (unpaired) electrons. The Bertz CT molecular complexity index is 1230. The Balaban J connectivity index is 1.34. The summed E-state index contributed by atoms with van der Waals surface area (Å²) in [6, 6.07) is 3.98. The molecule has 10 nitrogen and oxygen atoms in total.